The van der Waals surface area contributed by atoms with Gasteiger partial charge in [0.05, 0.1) is 12.5 Å². The molecule has 0 aliphatic rings. The minimum Gasteiger partial charge on any atom is -0.364 e. The minimum atomic E-state index is 0.383. The zero-order valence-electron chi connectivity index (χ0n) is 8.63. The summed E-state index contributed by atoms with van der Waals surface area (Å²) in [7, 11) is 0. The third-order valence-electron chi connectivity index (χ3n) is 2.18. The van der Waals surface area contributed by atoms with Crippen LogP contribution in [0.15, 0.2) is 35.7 Å². The van der Waals surface area contributed by atoms with Gasteiger partial charge in [-0.15, -0.1) is 0 Å². The number of aromatic nitrogens is 3. The van der Waals surface area contributed by atoms with Gasteiger partial charge in [0.2, 0.25) is 0 Å². The van der Waals surface area contributed by atoms with Crippen LogP contribution in [-0.4, -0.2) is 20.7 Å². The van der Waals surface area contributed by atoms with Crippen molar-refractivity contribution < 1.29 is 4.52 Å². The summed E-state index contributed by atoms with van der Waals surface area (Å²) >= 11 is 0. The van der Waals surface area contributed by atoms with E-state index in [0.29, 0.717) is 6.04 Å². The molecule has 2 aromatic heterocycles. The van der Waals surface area contributed by atoms with Gasteiger partial charge in [0.1, 0.15) is 6.26 Å². The van der Waals surface area contributed by atoms with Crippen molar-refractivity contribution in [3.05, 3.63) is 36.7 Å². The lowest BCUT2D eigenvalue weighted by molar-refractivity contribution is 0.417. The van der Waals surface area contributed by atoms with E-state index in [4.69, 9.17) is 4.52 Å². The molecule has 0 spiro atoms. The van der Waals surface area contributed by atoms with Gasteiger partial charge in [0.25, 0.3) is 0 Å². The molecular formula is C10H14N4O. The second kappa shape index (κ2) is 4.75. The number of imidazole rings is 1. The zero-order valence-corrected chi connectivity index (χ0v) is 8.63. The Morgan fingerprint density at radius 1 is 1.60 bits per heavy atom. The SMILES string of the molecule is CC(Cn1ccnc1)NCc1cnoc1. The molecule has 0 radical (unpaired) electrons. The zero-order chi connectivity index (χ0) is 10.5. The molecule has 2 aromatic rings. The Morgan fingerprint density at radius 2 is 2.53 bits per heavy atom. The van der Waals surface area contributed by atoms with E-state index < -0.39 is 0 Å². The highest BCUT2D eigenvalue weighted by Crippen LogP contribution is 1.97. The molecule has 5 nitrogen and oxygen atoms in total. The number of hydrogen-bond donors (Lipinski definition) is 1. The van der Waals surface area contributed by atoms with Crippen molar-refractivity contribution in [1.82, 2.24) is 20.0 Å². The number of rotatable bonds is 5. The lowest BCUT2D eigenvalue weighted by atomic mass is 10.3. The lowest BCUT2D eigenvalue weighted by Gasteiger charge is -2.13. The van der Waals surface area contributed by atoms with Crippen LogP contribution in [-0.2, 0) is 13.1 Å². The monoisotopic (exact) mass is 206 g/mol. The van der Waals surface area contributed by atoms with Crippen LogP contribution >= 0.6 is 0 Å². The van der Waals surface area contributed by atoms with E-state index >= 15 is 0 Å². The van der Waals surface area contributed by atoms with E-state index in [1.807, 2.05) is 17.1 Å². The summed E-state index contributed by atoms with van der Waals surface area (Å²) in [4.78, 5) is 4.00. The van der Waals surface area contributed by atoms with E-state index in [-0.39, 0.29) is 0 Å². The average Bonchev–Trinajstić information content (AvgIpc) is 2.86. The summed E-state index contributed by atoms with van der Waals surface area (Å²) in [5.74, 6) is 0. The standard InChI is InChI=1S/C10H14N4O/c1-9(6-14-3-2-11-8-14)12-4-10-5-13-15-7-10/h2-3,5,7-9,12H,4,6H2,1H3. The minimum absolute atomic E-state index is 0.383. The van der Waals surface area contributed by atoms with Crippen LogP contribution in [0.5, 0.6) is 0 Å². The molecule has 2 rings (SSSR count). The van der Waals surface area contributed by atoms with Crippen LogP contribution in [0.1, 0.15) is 12.5 Å². The largest absolute Gasteiger partial charge is 0.364 e. The molecule has 1 N–H and O–H groups in total. The van der Waals surface area contributed by atoms with Gasteiger partial charge < -0.3 is 14.4 Å². The molecule has 15 heavy (non-hydrogen) atoms. The normalized spacial score (nSPS) is 12.9. The summed E-state index contributed by atoms with van der Waals surface area (Å²) in [6.07, 6.45) is 8.93. The molecule has 80 valence electrons. The molecule has 0 aliphatic heterocycles. The summed E-state index contributed by atoms with van der Waals surface area (Å²) in [5, 5.41) is 7.02. The Labute approximate surface area is 88.1 Å². The van der Waals surface area contributed by atoms with E-state index in [1.54, 1.807) is 18.7 Å². The summed E-state index contributed by atoms with van der Waals surface area (Å²) in [5.41, 5.74) is 1.06. The first-order valence-electron chi connectivity index (χ1n) is 4.92. The van der Waals surface area contributed by atoms with Crippen LogP contribution in [0.2, 0.25) is 0 Å². The van der Waals surface area contributed by atoms with Crippen molar-refractivity contribution in [2.45, 2.75) is 26.1 Å². The maximum Gasteiger partial charge on any atom is 0.128 e. The summed E-state index contributed by atoms with van der Waals surface area (Å²) in [6, 6.07) is 0.383. The molecule has 0 aromatic carbocycles. The average molecular weight is 206 g/mol. The number of nitrogens with zero attached hydrogens (tertiary/aromatic N) is 3. The van der Waals surface area contributed by atoms with E-state index in [9.17, 15) is 0 Å². The molecule has 1 unspecified atom stereocenters. The fraction of sp³-hybridized carbons (Fsp3) is 0.400. The second-order valence-corrected chi connectivity index (χ2v) is 3.57. The van der Waals surface area contributed by atoms with Crippen LogP contribution in [0.4, 0.5) is 0 Å². The fourth-order valence-electron chi connectivity index (χ4n) is 1.38. The summed E-state index contributed by atoms with van der Waals surface area (Å²) < 4.78 is 6.79. The predicted molar refractivity (Wildman–Crippen MR) is 55.0 cm³/mol. The molecule has 1 atom stereocenters. The molecule has 0 saturated carbocycles. The Hall–Kier alpha value is -1.62. The Morgan fingerprint density at radius 3 is 3.20 bits per heavy atom. The van der Waals surface area contributed by atoms with Gasteiger partial charge in [0, 0.05) is 37.1 Å². The van der Waals surface area contributed by atoms with Gasteiger partial charge in [0.15, 0.2) is 0 Å². The Bertz CT molecular complexity index is 368. The Kier molecular flexibility index (Phi) is 3.14. The molecule has 0 bridgehead atoms. The molecule has 5 heteroatoms. The third-order valence-corrected chi connectivity index (χ3v) is 2.18. The van der Waals surface area contributed by atoms with Crippen molar-refractivity contribution in [3.8, 4) is 0 Å². The van der Waals surface area contributed by atoms with Gasteiger partial charge in [-0.3, -0.25) is 0 Å². The lowest BCUT2D eigenvalue weighted by Crippen LogP contribution is -2.29. The first-order valence-corrected chi connectivity index (χ1v) is 4.92. The van der Waals surface area contributed by atoms with E-state index in [0.717, 1.165) is 18.7 Å². The van der Waals surface area contributed by atoms with Crippen LogP contribution in [0, 0.1) is 0 Å². The molecule has 0 fully saturated rings. The molecule has 0 amide bonds. The van der Waals surface area contributed by atoms with E-state index in [1.165, 1.54) is 0 Å². The quantitative estimate of drug-likeness (QED) is 0.794. The number of nitrogens with one attached hydrogen (secondary N) is 1. The van der Waals surface area contributed by atoms with Gasteiger partial charge in [-0.25, -0.2) is 4.98 Å². The highest BCUT2D eigenvalue weighted by atomic mass is 16.5. The maximum absolute atomic E-state index is 4.75. The maximum atomic E-state index is 4.75. The van der Waals surface area contributed by atoms with Gasteiger partial charge in [-0.1, -0.05) is 5.16 Å². The van der Waals surface area contributed by atoms with Crippen molar-refractivity contribution >= 4 is 0 Å². The molecule has 0 aliphatic carbocycles. The third kappa shape index (κ3) is 2.92. The molecule has 2 heterocycles. The van der Waals surface area contributed by atoms with Crippen molar-refractivity contribution in [3.63, 3.8) is 0 Å². The smallest absolute Gasteiger partial charge is 0.128 e. The molecule has 0 saturated heterocycles. The first kappa shape index (κ1) is 9.92. The predicted octanol–water partition coefficient (Wildman–Crippen LogP) is 1.05. The van der Waals surface area contributed by atoms with Crippen molar-refractivity contribution in [2.75, 3.05) is 0 Å². The van der Waals surface area contributed by atoms with Gasteiger partial charge in [-0.05, 0) is 6.92 Å². The van der Waals surface area contributed by atoms with Crippen LogP contribution in [0.25, 0.3) is 0 Å². The molecular weight excluding hydrogens is 192 g/mol. The number of hydrogen-bond acceptors (Lipinski definition) is 4. The fourth-order valence-corrected chi connectivity index (χ4v) is 1.38. The summed E-state index contributed by atoms with van der Waals surface area (Å²) in [6.45, 7) is 3.82. The highest BCUT2D eigenvalue weighted by Gasteiger charge is 2.02. The van der Waals surface area contributed by atoms with Crippen LogP contribution < -0.4 is 5.32 Å². The topological polar surface area (TPSA) is 55.9 Å². The Balaban J connectivity index is 1.76. The van der Waals surface area contributed by atoms with E-state index in [2.05, 4.69) is 22.4 Å². The van der Waals surface area contributed by atoms with Gasteiger partial charge in [-0.2, -0.15) is 0 Å². The van der Waals surface area contributed by atoms with Crippen molar-refractivity contribution in [2.24, 2.45) is 0 Å². The van der Waals surface area contributed by atoms with Crippen LogP contribution in [0.3, 0.4) is 0 Å². The first-order chi connectivity index (χ1) is 7.34. The van der Waals surface area contributed by atoms with Crippen molar-refractivity contribution in [1.29, 1.82) is 0 Å². The van der Waals surface area contributed by atoms with Gasteiger partial charge >= 0.3 is 0 Å². The highest BCUT2D eigenvalue weighted by molar-refractivity contribution is 4.99. The second-order valence-electron chi connectivity index (χ2n) is 3.57.